The summed E-state index contributed by atoms with van der Waals surface area (Å²) in [5, 5.41) is 3.47. The molecule has 0 amide bonds. The maximum absolute atomic E-state index is 4.50. The highest BCUT2D eigenvalue weighted by molar-refractivity contribution is 5.33. The van der Waals surface area contributed by atoms with Gasteiger partial charge in [-0.25, -0.2) is 9.97 Å². The maximum Gasteiger partial charge on any atom is 0.225 e. The first-order valence-corrected chi connectivity index (χ1v) is 6.03. The van der Waals surface area contributed by atoms with Gasteiger partial charge in [0.1, 0.15) is 0 Å². The van der Waals surface area contributed by atoms with E-state index in [-0.39, 0.29) is 0 Å². The van der Waals surface area contributed by atoms with Gasteiger partial charge in [0, 0.05) is 36.9 Å². The van der Waals surface area contributed by atoms with Crippen LogP contribution in [0, 0.1) is 12.3 Å². The van der Waals surface area contributed by atoms with E-state index in [1.54, 1.807) is 0 Å². The molecule has 1 aromatic rings. The molecule has 0 radical (unpaired) electrons. The Kier molecular flexibility index (Phi) is 2.32. The fraction of sp³-hybridized carbons (Fsp3) is 0.667. The summed E-state index contributed by atoms with van der Waals surface area (Å²) in [6.07, 6.45) is 4.43. The smallest absolute Gasteiger partial charge is 0.225 e. The number of aryl methyl sites for hydroxylation is 1. The minimum absolute atomic E-state index is 0.493. The fourth-order valence-electron chi connectivity index (χ4n) is 2.84. The van der Waals surface area contributed by atoms with Gasteiger partial charge in [-0.1, -0.05) is 0 Å². The normalized spacial score (nSPS) is 29.2. The van der Waals surface area contributed by atoms with Crippen LogP contribution in [-0.4, -0.2) is 36.1 Å². The Morgan fingerprint density at radius 1 is 1.44 bits per heavy atom. The molecule has 3 heterocycles. The van der Waals surface area contributed by atoms with Gasteiger partial charge >= 0.3 is 0 Å². The molecule has 2 aliphatic heterocycles. The topological polar surface area (TPSA) is 41.1 Å². The quantitative estimate of drug-likeness (QED) is 0.762. The van der Waals surface area contributed by atoms with E-state index in [4.69, 9.17) is 0 Å². The van der Waals surface area contributed by atoms with Crippen LogP contribution < -0.4 is 10.2 Å². The highest BCUT2D eigenvalue weighted by Gasteiger charge is 2.40. The van der Waals surface area contributed by atoms with E-state index in [1.165, 1.54) is 19.4 Å². The predicted octanol–water partition coefficient (Wildman–Crippen LogP) is 0.975. The minimum atomic E-state index is 0.493. The molecule has 1 N–H and O–H groups in total. The summed E-state index contributed by atoms with van der Waals surface area (Å²) >= 11 is 0. The molecule has 4 nitrogen and oxygen atoms in total. The lowest BCUT2D eigenvalue weighted by Gasteiger charge is -2.22. The van der Waals surface area contributed by atoms with Gasteiger partial charge in [-0.3, -0.25) is 0 Å². The van der Waals surface area contributed by atoms with E-state index in [1.807, 2.05) is 19.2 Å². The van der Waals surface area contributed by atoms with Crippen LogP contribution in [0.3, 0.4) is 0 Å². The van der Waals surface area contributed by atoms with E-state index >= 15 is 0 Å². The molecule has 1 atom stereocenters. The van der Waals surface area contributed by atoms with Gasteiger partial charge < -0.3 is 10.2 Å². The second-order valence-corrected chi connectivity index (χ2v) is 5.10. The van der Waals surface area contributed by atoms with Crippen molar-refractivity contribution in [1.82, 2.24) is 15.3 Å². The summed E-state index contributed by atoms with van der Waals surface area (Å²) in [4.78, 5) is 11.2. The van der Waals surface area contributed by atoms with Crippen molar-refractivity contribution in [3.63, 3.8) is 0 Å². The molecule has 3 rings (SSSR count). The molecule has 4 heteroatoms. The summed E-state index contributed by atoms with van der Waals surface area (Å²) < 4.78 is 0. The molecule has 0 aliphatic carbocycles. The molecule has 2 fully saturated rings. The van der Waals surface area contributed by atoms with E-state index in [0.29, 0.717) is 5.41 Å². The molecule has 2 aliphatic rings. The van der Waals surface area contributed by atoms with Gasteiger partial charge in [-0.2, -0.15) is 0 Å². The molecular formula is C12H18N4. The Hall–Kier alpha value is -1.16. The highest BCUT2D eigenvalue weighted by Crippen LogP contribution is 2.37. The summed E-state index contributed by atoms with van der Waals surface area (Å²) in [5.41, 5.74) is 1.54. The molecule has 1 unspecified atom stereocenters. The number of hydrogen-bond acceptors (Lipinski definition) is 4. The van der Waals surface area contributed by atoms with Crippen molar-refractivity contribution in [3.8, 4) is 0 Å². The first-order chi connectivity index (χ1) is 7.77. The lowest BCUT2D eigenvalue weighted by molar-refractivity contribution is 0.369. The average Bonchev–Trinajstić information content (AvgIpc) is 2.90. The number of nitrogens with zero attached hydrogens (tertiary/aromatic N) is 3. The lowest BCUT2D eigenvalue weighted by Crippen LogP contribution is -2.30. The van der Waals surface area contributed by atoms with Crippen molar-refractivity contribution in [2.45, 2.75) is 19.8 Å². The van der Waals surface area contributed by atoms with E-state index < -0.39 is 0 Å². The molecule has 0 saturated carbocycles. The van der Waals surface area contributed by atoms with Crippen LogP contribution in [0.2, 0.25) is 0 Å². The first-order valence-electron chi connectivity index (χ1n) is 6.03. The molecule has 86 valence electrons. The van der Waals surface area contributed by atoms with E-state index in [0.717, 1.165) is 31.3 Å². The van der Waals surface area contributed by atoms with Crippen LogP contribution in [0.1, 0.15) is 18.5 Å². The molecule has 0 aromatic carbocycles. The van der Waals surface area contributed by atoms with Crippen LogP contribution in [-0.2, 0) is 0 Å². The van der Waals surface area contributed by atoms with Crippen LogP contribution in [0.5, 0.6) is 0 Å². The third-order valence-electron chi connectivity index (χ3n) is 3.84. The summed E-state index contributed by atoms with van der Waals surface area (Å²) in [5.74, 6) is 0.906. The Bertz CT molecular complexity index is 384. The Morgan fingerprint density at radius 2 is 2.38 bits per heavy atom. The van der Waals surface area contributed by atoms with Crippen LogP contribution in [0.25, 0.3) is 0 Å². The van der Waals surface area contributed by atoms with E-state index in [2.05, 4.69) is 20.2 Å². The second kappa shape index (κ2) is 3.70. The molecule has 0 bridgehead atoms. The summed E-state index contributed by atoms with van der Waals surface area (Å²) in [7, 11) is 0. The molecule has 2 saturated heterocycles. The van der Waals surface area contributed by atoms with Crippen LogP contribution in [0.15, 0.2) is 12.3 Å². The molecular weight excluding hydrogens is 200 g/mol. The molecule has 16 heavy (non-hydrogen) atoms. The Labute approximate surface area is 96.1 Å². The Morgan fingerprint density at radius 3 is 3.12 bits per heavy atom. The zero-order valence-electron chi connectivity index (χ0n) is 9.74. The number of aromatic nitrogens is 2. The van der Waals surface area contributed by atoms with Gasteiger partial charge in [0.25, 0.3) is 0 Å². The largest absolute Gasteiger partial charge is 0.340 e. The number of anilines is 1. The lowest BCUT2D eigenvalue weighted by atomic mass is 9.87. The number of nitrogens with one attached hydrogen (secondary N) is 1. The monoisotopic (exact) mass is 218 g/mol. The minimum Gasteiger partial charge on any atom is -0.340 e. The summed E-state index contributed by atoms with van der Waals surface area (Å²) in [6, 6.07) is 1.95. The van der Waals surface area contributed by atoms with Gasteiger partial charge in [0.05, 0.1) is 0 Å². The standard InChI is InChI=1S/C12H18N4/c1-10-2-5-14-11(15-10)16-7-4-12(9-16)3-6-13-8-12/h2,5,13H,3-4,6-9H2,1H3. The van der Waals surface area contributed by atoms with Crippen molar-refractivity contribution in [3.05, 3.63) is 18.0 Å². The number of hydrogen-bond donors (Lipinski definition) is 1. The Balaban J connectivity index is 1.78. The maximum atomic E-state index is 4.50. The van der Waals surface area contributed by atoms with Gasteiger partial charge in [-0.05, 0) is 32.4 Å². The third-order valence-corrected chi connectivity index (χ3v) is 3.84. The van der Waals surface area contributed by atoms with Gasteiger partial charge in [0.15, 0.2) is 0 Å². The first kappa shape index (κ1) is 10.0. The highest BCUT2D eigenvalue weighted by atomic mass is 15.3. The van der Waals surface area contributed by atoms with Crippen LogP contribution >= 0.6 is 0 Å². The average molecular weight is 218 g/mol. The van der Waals surface area contributed by atoms with Crippen molar-refractivity contribution in [2.24, 2.45) is 5.41 Å². The zero-order valence-corrected chi connectivity index (χ0v) is 9.74. The second-order valence-electron chi connectivity index (χ2n) is 5.10. The summed E-state index contributed by atoms with van der Waals surface area (Å²) in [6.45, 7) is 6.57. The van der Waals surface area contributed by atoms with Crippen molar-refractivity contribution >= 4 is 5.95 Å². The van der Waals surface area contributed by atoms with Gasteiger partial charge in [-0.15, -0.1) is 0 Å². The van der Waals surface area contributed by atoms with Crippen LogP contribution in [0.4, 0.5) is 5.95 Å². The molecule has 1 spiro atoms. The van der Waals surface area contributed by atoms with Crippen molar-refractivity contribution < 1.29 is 0 Å². The fourth-order valence-corrected chi connectivity index (χ4v) is 2.84. The van der Waals surface area contributed by atoms with Crippen molar-refractivity contribution in [2.75, 3.05) is 31.1 Å². The predicted molar refractivity (Wildman–Crippen MR) is 63.5 cm³/mol. The van der Waals surface area contributed by atoms with Crippen molar-refractivity contribution in [1.29, 1.82) is 0 Å². The van der Waals surface area contributed by atoms with E-state index in [9.17, 15) is 0 Å². The number of rotatable bonds is 1. The van der Waals surface area contributed by atoms with Gasteiger partial charge in [0.2, 0.25) is 5.95 Å². The third kappa shape index (κ3) is 1.67. The molecule has 1 aromatic heterocycles. The SMILES string of the molecule is Cc1ccnc(N2CCC3(CCNC3)C2)n1. The zero-order chi connectivity index (χ0) is 11.0.